The Hall–Kier alpha value is -3.60. The number of thiophene rings is 1. The number of rotatable bonds is 9. The fourth-order valence-corrected chi connectivity index (χ4v) is 3.59. The zero-order valence-electron chi connectivity index (χ0n) is 16.7. The first-order chi connectivity index (χ1) is 14.4. The van der Waals surface area contributed by atoms with Gasteiger partial charge in [-0.05, 0) is 36.8 Å². The van der Waals surface area contributed by atoms with E-state index in [0.717, 1.165) is 17.4 Å². The first-order valence-electron chi connectivity index (χ1n) is 8.90. The molecule has 1 aromatic heterocycles. The van der Waals surface area contributed by atoms with Crippen LogP contribution in [0.25, 0.3) is 0 Å². The number of carboxylic acids is 1. The van der Waals surface area contributed by atoms with E-state index in [2.05, 4.69) is 5.32 Å². The number of carbonyl (C=O) groups is 4. The number of benzene rings is 1. The van der Waals surface area contributed by atoms with Crippen LogP contribution in [0.2, 0.25) is 0 Å². The van der Waals surface area contributed by atoms with Gasteiger partial charge in [-0.1, -0.05) is 13.8 Å². The lowest BCUT2D eigenvalue weighted by atomic mass is 9.87. The molecule has 0 atom stereocenters. The second-order valence-corrected chi connectivity index (χ2v) is 8.35. The highest BCUT2D eigenvalue weighted by molar-refractivity contribution is 7.14. The quantitative estimate of drug-likeness (QED) is 0.149. The van der Waals surface area contributed by atoms with Crippen molar-refractivity contribution < 1.29 is 33.4 Å². The molecule has 31 heavy (non-hydrogen) atoms. The summed E-state index contributed by atoms with van der Waals surface area (Å²) in [4.78, 5) is 47.1. The van der Waals surface area contributed by atoms with Crippen LogP contribution in [-0.4, -0.2) is 41.1 Å². The number of carboxylic acid groups (broad SMARTS) is 1. The minimum atomic E-state index is -1.63. The fourth-order valence-electron chi connectivity index (χ4n) is 2.48. The van der Waals surface area contributed by atoms with Crippen molar-refractivity contribution in [3.05, 3.63) is 51.5 Å². The Morgan fingerprint density at radius 3 is 2.48 bits per heavy atom. The second kappa shape index (κ2) is 9.47. The van der Waals surface area contributed by atoms with Gasteiger partial charge < -0.3 is 20.9 Å². The van der Waals surface area contributed by atoms with Gasteiger partial charge >= 0.3 is 11.9 Å². The minimum Gasteiger partial charge on any atom is -0.475 e. The van der Waals surface area contributed by atoms with Crippen molar-refractivity contribution in [1.29, 1.82) is 5.41 Å². The van der Waals surface area contributed by atoms with Crippen molar-refractivity contribution in [3.63, 3.8) is 0 Å². The Morgan fingerprint density at radius 1 is 1.23 bits per heavy atom. The third kappa shape index (κ3) is 6.19. The molecule has 1 amide bonds. The Morgan fingerprint density at radius 2 is 1.90 bits per heavy atom. The van der Waals surface area contributed by atoms with Gasteiger partial charge in [0, 0.05) is 15.9 Å². The number of aliphatic carboxylic acids is 1. The SMILES string of the molecule is CC(C)(Cc1ccc(C(=O)Oc2ccc(C(=N)N)cc2F)s1)C(=O)NCC(=O)C(=O)O. The molecule has 0 saturated heterocycles. The maximum Gasteiger partial charge on any atom is 0.374 e. The molecule has 0 spiro atoms. The van der Waals surface area contributed by atoms with E-state index in [9.17, 15) is 23.6 Å². The van der Waals surface area contributed by atoms with Crippen molar-refractivity contribution in [2.45, 2.75) is 20.3 Å². The van der Waals surface area contributed by atoms with Crippen LogP contribution in [0.5, 0.6) is 5.75 Å². The number of ether oxygens (including phenoxy) is 1. The molecule has 11 heteroatoms. The van der Waals surface area contributed by atoms with E-state index in [1.54, 1.807) is 19.9 Å². The standard InChI is InChI=1S/C20H20FN3O6S/c1-20(2,19(29)24-9-13(25)17(26)27)8-11-4-6-15(31-11)18(28)30-14-5-3-10(16(22)23)7-12(14)21/h3-7H,8-9H2,1-2H3,(H3,22,23)(H,24,29)(H,26,27). The molecule has 0 radical (unpaired) electrons. The molecule has 9 nitrogen and oxygen atoms in total. The molecular formula is C20H20FN3O6S. The molecule has 0 fully saturated rings. The van der Waals surface area contributed by atoms with E-state index >= 15 is 0 Å². The molecule has 2 rings (SSSR count). The summed E-state index contributed by atoms with van der Waals surface area (Å²) >= 11 is 1.06. The number of Topliss-reactive ketones (excluding diaryl/α,β-unsaturated/α-hetero) is 1. The smallest absolute Gasteiger partial charge is 0.374 e. The van der Waals surface area contributed by atoms with E-state index in [1.165, 1.54) is 18.2 Å². The average molecular weight is 449 g/mol. The van der Waals surface area contributed by atoms with Crippen LogP contribution >= 0.6 is 11.3 Å². The minimum absolute atomic E-state index is 0.154. The first kappa shape index (κ1) is 23.7. The van der Waals surface area contributed by atoms with E-state index in [-0.39, 0.29) is 28.4 Å². The number of hydrogen-bond donors (Lipinski definition) is 4. The Labute approximate surface area is 180 Å². The molecular weight excluding hydrogens is 429 g/mol. The number of amidine groups is 1. The summed E-state index contributed by atoms with van der Waals surface area (Å²) in [5.74, 6) is -5.55. The molecule has 0 aliphatic carbocycles. The molecule has 164 valence electrons. The number of hydrogen-bond acceptors (Lipinski definition) is 7. The predicted molar refractivity (Wildman–Crippen MR) is 110 cm³/mol. The molecule has 0 unspecified atom stereocenters. The monoisotopic (exact) mass is 449 g/mol. The van der Waals surface area contributed by atoms with Crippen LogP contribution < -0.4 is 15.8 Å². The van der Waals surface area contributed by atoms with Gasteiger partial charge in [0.05, 0.1) is 6.54 Å². The number of halogens is 1. The van der Waals surface area contributed by atoms with Gasteiger partial charge in [-0.3, -0.25) is 15.0 Å². The summed E-state index contributed by atoms with van der Waals surface area (Å²) in [6.07, 6.45) is 0.208. The second-order valence-electron chi connectivity index (χ2n) is 7.19. The predicted octanol–water partition coefficient (Wildman–Crippen LogP) is 1.73. The molecule has 2 aromatic rings. The normalized spacial score (nSPS) is 10.9. The van der Waals surface area contributed by atoms with Crippen LogP contribution in [0.15, 0.2) is 30.3 Å². The Kier molecular flexibility index (Phi) is 7.24. The van der Waals surface area contributed by atoms with E-state index in [4.69, 9.17) is 21.0 Å². The third-order valence-corrected chi connectivity index (χ3v) is 5.25. The van der Waals surface area contributed by atoms with Crippen LogP contribution in [-0.2, 0) is 20.8 Å². The summed E-state index contributed by atoms with van der Waals surface area (Å²) in [5.41, 5.74) is 4.45. The summed E-state index contributed by atoms with van der Waals surface area (Å²) in [6, 6.07) is 6.63. The summed E-state index contributed by atoms with van der Waals surface area (Å²) in [6.45, 7) is 2.60. The Balaban J connectivity index is 2.03. The number of ketones is 1. The number of nitrogens with two attached hydrogens (primary N) is 1. The van der Waals surface area contributed by atoms with E-state index in [0.29, 0.717) is 4.88 Å². The molecule has 1 aromatic carbocycles. The van der Waals surface area contributed by atoms with E-state index < -0.39 is 41.4 Å². The van der Waals surface area contributed by atoms with Crippen molar-refractivity contribution in [3.8, 4) is 5.75 Å². The summed E-state index contributed by atoms with van der Waals surface area (Å²) < 4.78 is 19.1. The van der Waals surface area contributed by atoms with Crippen molar-refractivity contribution in [2.75, 3.05) is 6.54 Å². The van der Waals surface area contributed by atoms with Crippen LogP contribution in [0.4, 0.5) is 4.39 Å². The number of nitrogens with one attached hydrogen (secondary N) is 2. The van der Waals surface area contributed by atoms with Crippen molar-refractivity contribution in [2.24, 2.45) is 11.1 Å². The zero-order chi connectivity index (χ0) is 23.3. The van der Waals surface area contributed by atoms with Gasteiger partial charge in [0.25, 0.3) is 5.78 Å². The van der Waals surface area contributed by atoms with Crippen molar-refractivity contribution >= 4 is 40.8 Å². The lowest BCUT2D eigenvalue weighted by molar-refractivity contribution is -0.149. The molecule has 1 heterocycles. The maximum atomic E-state index is 14.1. The van der Waals surface area contributed by atoms with Crippen LogP contribution in [0.3, 0.4) is 0 Å². The summed E-state index contributed by atoms with van der Waals surface area (Å²) in [5, 5.41) is 18.1. The maximum absolute atomic E-state index is 14.1. The number of carbonyl (C=O) groups excluding carboxylic acids is 3. The van der Waals surface area contributed by atoms with Gasteiger partial charge in [0.2, 0.25) is 5.91 Å². The molecule has 0 aliphatic heterocycles. The molecule has 0 saturated carbocycles. The number of nitrogen functional groups attached to an aromatic ring is 1. The Bertz CT molecular complexity index is 1060. The van der Waals surface area contributed by atoms with Gasteiger partial charge in [0.1, 0.15) is 10.7 Å². The molecule has 5 N–H and O–H groups in total. The average Bonchev–Trinajstić information content (AvgIpc) is 3.14. The highest BCUT2D eigenvalue weighted by Crippen LogP contribution is 2.28. The van der Waals surface area contributed by atoms with Crippen molar-refractivity contribution in [1.82, 2.24) is 5.32 Å². The highest BCUT2D eigenvalue weighted by atomic mass is 32.1. The number of esters is 1. The topological polar surface area (TPSA) is 160 Å². The highest BCUT2D eigenvalue weighted by Gasteiger charge is 2.30. The largest absolute Gasteiger partial charge is 0.475 e. The zero-order valence-corrected chi connectivity index (χ0v) is 17.5. The lowest BCUT2D eigenvalue weighted by Crippen LogP contribution is -2.42. The van der Waals surface area contributed by atoms with Gasteiger partial charge in [-0.15, -0.1) is 11.3 Å². The first-order valence-corrected chi connectivity index (χ1v) is 9.71. The van der Waals surface area contributed by atoms with E-state index in [1.807, 2.05) is 0 Å². The van der Waals surface area contributed by atoms with Crippen LogP contribution in [0, 0.1) is 16.6 Å². The van der Waals surface area contributed by atoms with Gasteiger partial charge in [0.15, 0.2) is 11.6 Å². The van der Waals surface area contributed by atoms with Crippen LogP contribution in [0.1, 0.15) is 34.0 Å². The van der Waals surface area contributed by atoms with Gasteiger partial charge in [-0.2, -0.15) is 0 Å². The third-order valence-electron chi connectivity index (χ3n) is 4.19. The summed E-state index contributed by atoms with van der Waals surface area (Å²) in [7, 11) is 0. The number of amides is 1. The lowest BCUT2D eigenvalue weighted by Gasteiger charge is -2.22. The van der Waals surface area contributed by atoms with Gasteiger partial charge in [-0.25, -0.2) is 14.0 Å². The molecule has 0 aliphatic rings. The fraction of sp³-hybridized carbons (Fsp3) is 0.250. The molecule has 0 bridgehead atoms.